The van der Waals surface area contributed by atoms with Crippen molar-refractivity contribution in [2.24, 2.45) is 0 Å². The number of hydrogen-bond donors (Lipinski definition) is 2. The highest BCUT2D eigenvalue weighted by molar-refractivity contribution is 7.52. The van der Waals surface area contributed by atoms with Gasteiger partial charge in [-0.1, -0.05) is 95.0 Å². The summed E-state index contributed by atoms with van der Waals surface area (Å²) in [6.07, 6.45) is 10.7. The Kier molecular flexibility index (Phi) is 16.6. The van der Waals surface area contributed by atoms with Gasteiger partial charge >= 0.3 is 13.7 Å². The van der Waals surface area contributed by atoms with E-state index in [4.69, 9.17) is 13.8 Å². The topological polar surface area (TPSA) is 154 Å². The first-order chi connectivity index (χ1) is 20.3. The first kappa shape index (κ1) is 35.1. The molecule has 3 atom stereocenters. The molecule has 0 spiro atoms. The Bertz CT molecular complexity index is 1120. The van der Waals surface area contributed by atoms with E-state index in [-0.39, 0.29) is 24.5 Å². The molecule has 2 rings (SSSR count). The summed E-state index contributed by atoms with van der Waals surface area (Å²) in [5.74, 6) is -1.38. The maximum absolute atomic E-state index is 13.8. The number of nitrogens with one attached hydrogen (secondary N) is 1. The summed E-state index contributed by atoms with van der Waals surface area (Å²) in [6, 6.07) is 12.0. The lowest BCUT2D eigenvalue weighted by atomic mass is 10.1. The minimum atomic E-state index is -4.50. The SMILES string of the molecule is CCCCCCCCCCCCOCC(C=O)OP(=O)(NC(Cc1ccccc1)C(=O)O)Oc1ccc([N+](=O)[O-])cc1. The molecule has 0 amide bonds. The van der Waals surface area contributed by atoms with Crippen molar-refractivity contribution < 1.29 is 38.0 Å². The van der Waals surface area contributed by atoms with Gasteiger partial charge in [0.25, 0.3) is 5.69 Å². The van der Waals surface area contributed by atoms with Crippen LogP contribution in [0, 0.1) is 10.1 Å². The number of nitro benzene ring substituents is 1. The van der Waals surface area contributed by atoms with Gasteiger partial charge in [-0.3, -0.25) is 19.4 Å². The van der Waals surface area contributed by atoms with Crippen LogP contribution in [0.2, 0.25) is 0 Å². The second-order valence-corrected chi connectivity index (χ2v) is 11.7. The van der Waals surface area contributed by atoms with Crippen LogP contribution in [0.25, 0.3) is 0 Å². The largest absolute Gasteiger partial charge is 0.480 e. The molecular weight excluding hydrogens is 563 g/mol. The van der Waals surface area contributed by atoms with Crippen LogP contribution in [-0.4, -0.2) is 47.6 Å². The van der Waals surface area contributed by atoms with E-state index in [1.165, 1.54) is 57.1 Å². The van der Waals surface area contributed by atoms with Gasteiger partial charge in [0.2, 0.25) is 0 Å². The Morgan fingerprint density at radius 1 is 0.976 bits per heavy atom. The third-order valence-electron chi connectivity index (χ3n) is 6.52. The van der Waals surface area contributed by atoms with E-state index in [0.717, 1.165) is 31.4 Å². The Morgan fingerprint density at radius 2 is 1.57 bits per heavy atom. The van der Waals surface area contributed by atoms with Gasteiger partial charge in [0.15, 0.2) is 6.29 Å². The molecule has 0 heterocycles. The molecule has 0 aromatic heterocycles. The number of nitro groups is 1. The second kappa shape index (κ2) is 19.9. The third kappa shape index (κ3) is 14.2. The number of ether oxygens (including phenoxy) is 1. The van der Waals surface area contributed by atoms with Crippen LogP contribution < -0.4 is 9.61 Å². The van der Waals surface area contributed by atoms with Crippen molar-refractivity contribution in [1.29, 1.82) is 0 Å². The lowest BCUT2D eigenvalue weighted by Crippen LogP contribution is -2.39. The Hall–Kier alpha value is -3.11. The standard InChI is InChI=1S/C30H43N2O9P/c1-2-3-4-5-6-7-8-9-10-14-21-39-24-28(23-33)41-42(38,40-27-19-17-26(18-20-27)32(36)37)31-29(30(34)35)22-25-15-12-11-13-16-25/h11-13,15-20,23,28-29H,2-10,14,21-22,24H2,1H3,(H,31,38)(H,34,35). The summed E-state index contributed by atoms with van der Waals surface area (Å²) >= 11 is 0. The van der Waals surface area contributed by atoms with E-state index in [9.17, 15) is 29.4 Å². The molecule has 0 bridgehead atoms. The molecule has 0 aliphatic heterocycles. The van der Waals surface area contributed by atoms with Crippen molar-refractivity contribution >= 4 is 25.7 Å². The van der Waals surface area contributed by atoms with Crippen molar-refractivity contribution in [2.75, 3.05) is 13.2 Å². The number of aldehydes is 1. The number of aliphatic carboxylic acids is 1. The Morgan fingerprint density at radius 3 is 2.12 bits per heavy atom. The van der Waals surface area contributed by atoms with Gasteiger partial charge in [-0.05, 0) is 30.5 Å². The second-order valence-electron chi connectivity index (χ2n) is 10.1. The number of non-ortho nitro benzene ring substituents is 1. The van der Waals surface area contributed by atoms with Crippen molar-refractivity contribution in [1.82, 2.24) is 5.09 Å². The third-order valence-corrected chi connectivity index (χ3v) is 8.15. The summed E-state index contributed by atoms with van der Waals surface area (Å²) in [5, 5.41) is 23.2. The molecule has 12 heteroatoms. The van der Waals surface area contributed by atoms with Crippen LogP contribution in [0.4, 0.5) is 5.69 Å². The molecule has 11 nitrogen and oxygen atoms in total. The molecule has 2 N–H and O–H groups in total. The fourth-order valence-corrected chi connectivity index (χ4v) is 5.84. The number of carbonyl (C=O) groups excluding carboxylic acids is 1. The van der Waals surface area contributed by atoms with Gasteiger partial charge in [0, 0.05) is 18.7 Å². The number of benzene rings is 2. The molecule has 0 fully saturated rings. The lowest BCUT2D eigenvalue weighted by Gasteiger charge is -2.25. The fourth-order valence-electron chi connectivity index (χ4n) is 4.24. The number of carbonyl (C=O) groups is 2. The van der Waals surface area contributed by atoms with Crippen LogP contribution in [0.1, 0.15) is 76.7 Å². The number of unbranched alkanes of at least 4 members (excludes halogenated alkanes) is 9. The molecule has 232 valence electrons. The monoisotopic (exact) mass is 606 g/mol. The highest BCUT2D eigenvalue weighted by atomic mass is 31.2. The van der Waals surface area contributed by atoms with E-state index in [0.29, 0.717) is 18.5 Å². The van der Waals surface area contributed by atoms with Crippen molar-refractivity contribution in [3.8, 4) is 5.75 Å². The van der Waals surface area contributed by atoms with Gasteiger partial charge in [-0.25, -0.2) is 4.57 Å². The number of carboxylic acid groups (broad SMARTS) is 1. The Labute approximate surface area is 247 Å². The maximum atomic E-state index is 13.8. The Balaban J connectivity index is 1.96. The predicted molar refractivity (Wildman–Crippen MR) is 160 cm³/mol. The lowest BCUT2D eigenvalue weighted by molar-refractivity contribution is -0.384. The summed E-state index contributed by atoms with van der Waals surface area (Å²) in [4.78, 5) is 34.2. The molecule has 2 aromatic carbocycles. The van der Waals surface area contributed by atoms with Crippen LogP contribution in [0.5, 0.6) is 5.75 Å². The van der Waals surface area contributed by atoms with E-state index in [1.807, 2.05) is 0 Å². The maximum Gasteiger partial charge on any atom is 0.460 e. The van der Waals surface area contributed by atoms with Crippen LogP contribution in [0.3, 0.4) is 0 Å². The number of carboxylic acids is 1. The van der Waals surface area contributed by atoms with Gasteiger partial charge in [0.1, 0.15) is 17.9 Å². The van der Waals surface area contributed by atoms with Gasteiger partial charge in [-0.15, -0.1) is 0 Å². The van der Waals surface area contributed by atoms with Crippen LogP contribution >= 0.6 is 7.75 Å². The first-order valence-electron chi connectivity index (χ1n) is 14.6. The molecule has 0 saturated carbocycles. The molecule has 0 aliphatic carbocycles. The normalized spacial score (nSPS) is 14.0. The molecule has 0 radical (unpaired) electrons. The van der Waals surface area contributed by atoms with E-state index in [2.05, 4.69) is 12.0 Å². The highest BCUT2D eigenvalue weighted by Crippen LogP contribution is 2.46. The molecule has 2 aromatic rings. The van der Waals surface area contributed by atoms with Crippen LogP contribution in [0.15, 0.2) is 54.6 Å². The molecule has 0 saturated heterocycles. The summed E-state index contributed by atoms with van der Waals surface area (Å²) in [7, 11) is -4.50. The van der Waals surface area contributed by atoms with E-state index in [1.54, 1.807) is 30.3 Å². The fraction of sp³-hybridized carbons (Fsp3) is 0.533. The molecule has 42 heavy (non-hydrogen) atoms. The zero-order valence-corrected chi connectivity index (χ0v) is 25.1. The highest BCUT2D eigenvalue weighted by Gasteiger charge is 2.36. The van der Waals surface area contributed by atoms with Crippen molar-refractivity contribution in [3.05, 3.63) is 70.3 Å². The minimum absolute atomic E-state index is 0.0475. The average molecular weight is 607 g/mol. The van der Waals surface area contributed by atoms with E-state index < -0.39 is 30.8 Å². The zero-order chi connectivity index (χ0) is 30.6. The number of nitrogens with zero attached hydrogens (tertiary/aromatic N) is 1. The quantitative estimate of drug-likeness (QED) is 0.0424. The summed E-state index contributed by atoms with van der Waals surface area (Å²) in [5.41, 5.74) is 0.441. The van der Waals surface area contributed by atoms with Gasteiger partial charge < -0.3 is 19.2 Å². The molecular formula is C30H43N2O9P. The first-order valence-corrected chi connectivity index (χ1v) is 16.1. The van der Waals surface area contributed by atoms with Gasteiger partial charge in [-0.2, -0.15) is 5.09 Å². The molecule has 0 aliphatic rings. The number of rotatable bonds is 24. The zero-order valence-electron chi connectivity index (χ0n) is 24.2. The van der Waals surface area contributed by atoms with Crippen molar-refractivity contribution in [2.45, 2.75) is 89.7 Å². The summed E-state index contributed by atoms with van der Waals surface area (Å²) in [6.45, 7) is 2.39. The molecule has 3 unspecified atom stereocenters. The van der Waals surface area contributed by atoms with Gasteiger partial charge in [0.05, 0.1) is 11.5 Å². The average Bonchev–Trinajstić information content (AvgIpc) is 2.97. The minimum Gasteiger partial charge on any atom is -0.480 e. The van der Waals surface area contributed by atoms with Crippen LogP contribution in [-0.2, 0) is 29.8 Å². The predicted octanol–water partition coefficient (Wildman–Crippen LogP) is 6.89. The van der Waals surface area contributed by atoms with Crippen molar-refractivity contribution in [3.63, 3.8) is 0 Å². The number of hydrogen-bond acceptors (Lipinski definition) is 8. The summed E-state index contributed by atoms with van der Waals surface area (Å²) < 4.78 is 30.5. The van der Waals surface area contributed by atoms with E-state index >= 15 is 0 Å². The smallest absolute Gasteiger partial charge is 0.460 e.